The summed E-state index contributed by atoms with van der Waals surface area (Å²) in [6, 6.07) is 3.56. The van der Waals surface area contributed by atoms with Gasteiger partial charge < -0.3 is 9.47 Å². The van der Waals surface area contributed by atoms with Gasteiger partial charge in [0.2, 0.25) is 0 Å². The third-order valence-corrected chi connectivity index (χ3v) is 3.04. The fourth-order valence-electron chi connectivity index (χ4n) is 0.833. The van der Waals surface area contributed by atoms with Crippen LogP contribution in [-0.4, -0.2) is 25.8 Å². The Labute approximate surface area is 95.2 Å². The Morgan fingerprint density at radius 3 is 2.86 bits per heavy atom. The SMILES string of the molecule is CCOCCOC(=O)c1ccc(Br)s1. The smallest absolute Gasteiger partial charge is 0.348 e. The van der Waals surface area contributed by atoms with Crippen molar-refractivity contribution in [3.05, 3.63) is 20.8 Å². The monoisotopic (exact) mass is 278 g/mol. The number of esters is 1. The molecule has 0 aliphatic heterocycles. The number of carbonyl (C=O) groups is 1. The molecule has 1 aromatic rings. The first-order chi connectivity index (χ1) is 6.74. The van der Waals surface area contributed by atoms with Crippen LogP contribution in [0, 0.1) is 0 Å². The quantitative estimate of drug-likeness (QED) is 0.614. The molecule has 0 aliphatic rings. The number of carbonyl (C=O) groups excluding carboxylic acids is 1. The van der Waals surface area contributed by atoms with Gasteiger partial charge in [-0.2, -0.15) is 0 Å². The highest BCUT2D eigenvalue weighted by molar-refractivity contribution is 9.11. The molecule has 0 saturated heterocycles. The first kappa shape index (κ1) is 11.7. The van der Waals surface area contributed by atoms with Crippen molar-refractivity contribution in [1.82, 2.24) is 0 Å². The van der Waals surface area contributed by atoms with Crippen LogP contribution in [0.2, 0.25) is 0 Å². The van der Waals surface area contributed by atoms with Gasteiger partial charge in [0.1, 0.15) is 11.5 Å². The predicted octanol–water partition coefficient (Wildman–Crippen LogP) is 2.70. The van der Waals surface area contributed by atoms with Gasteiger partial charge in [0, 0.05) is 6.61 Å². The van der Waals surface area contributed by atoms with Crippen molar-refractivity contribution in [2.75, 3.05) is 19.8 Å². The molecule has 0 aliphatic carbocycles. The maximum absolute atomic E-state index is 11.3. The Hall–Kier alpha value is -0.390. The van der Waals surface area contributed by atoms with Crippen LogP contribution in [-0.2, 0) is 9.47 Å². The van der Waals surface area contributed by atoms with Crippen molar-refractivity contribution in [1.29, 1.82) is 0 Å². The van der Waals surface area contributed by atoms with Crippen LogP contribution in [0.4, 0.5) is 0 Å². The largest absolute Gasteiger partial charge is 0.459 e. The summed E-state index contributed by atoms with van der Waals surface area (Å²) in [6.45, 7) is 3.30. The fraction of sp³-hybridized carbons (Fsp3) is 0.444. The summed E-state index contributed by atoms with van der Waals surface area (Å²) in [6.07, 6.45) is 0. The van der Waals surface area contributed by atoms with Gasteiger partial charge in [0.15, 0.2) is 0 Å². The highest BCUT2D eigenvalue weighted by Crippen LogP contribution is 2.22. The van der Waals surface area contributed by atoms with E-state index in [-0.39, 0.29) is 5.97 Å². The van der Waals surface area contributed by atoms with Gasteiger partial charge >= 0.3 is 5.97 Å². The molecule has 0 unspecified atom stereocenters. The van der Waals surface area contributed by atoms with Gasteiger partial charge in [-0.05, 0) is 35.0 Å². The predicted molar refractivity (Wildman–Crippen MR) is 58.8 cm³/mol. The molecule has 0 atom stereocenters. The van der Waals surface area contributed by atoms with Crippen LogP contribution < -0.4 is 0 Å². The highest BCUT2D eigenvalue weighted by Gasteiger charge is 2.08. The van der Waals surface area contributed by atoms with Crippen molar-refractivity contribution in [2.24, 2.45) is 0 Å². The second-order valence-electron chi connectivity index (χ2n) is 2.44. The zero-order valence-corrected chi connectivity index (χ0v) is 10.2. The molecule has 0 N–H and O–H groups in total. The number of ether oxygens (including phenoxy) is 2. The molecule has 5 heteroatoms. The maximum atomic E-state index is 11.3. The first-order valence-corrected chi connectivity index (χ1v) is 5.85. The molecule has 0 bridgehead atoms. The third kappa shape index (κ3) is 3.77. The normalized spacial score (nSPS) is 10.1. The van der Waals surface area contributed by atoms with E-state index in [9.17, 15) is 4.79 Å². The molecule has 0 spiro atoms. The molecule has 1 rings (SSSR count). The molecule has 3 nitrogen and oxygen atoms in total. The average Bonchev–Trinajstić information content (AvgIpc) is 2.59. The molecule has 78 valence electrons. The number of hydrogen-bond acceptors (Lipinski definition) is 4. The van der Waals surface area contributed by atoms with Crippen molar-refractivity contribution < 1.29 is 14.3 Å². The summed E-state index contributed by atoms with van der Waals surface area (Å²) in [5.74, 6) is -0.291. The zero-order valence-electron chi connectivity index (χ0n) is 7.79. The summed E-state index contributed by atoms with van der Waals surface area (Å²) in [7, 11) is 0. The van der Waals surface area contributed by atoms with Crippen molar-refractivity contribution >= 4 is 33.2 Å². The highest BCUT2D eigenvalue weighted by atomic mass is 79.9. The number of thiophene rings is 1. The van der Waals surface area contributed by atoms with Crippen LogP contribution in [0.25, 0.3) is 0 Å². The van der Waals surface area contributed by atoms with Crippen molar-refractivity contribution in [3.63, 3.8) is 0 Å². The average molecular weight is 279 g/mol. The van der Waals surface area contributed by atoms with Gasteiger partial charge in [-0.25, -0.2) is 4.79 Å². The minimum Gasteiger partial charge on any atom is -0.459 e. The van der Waals surface area contributed by atoms with Gasteiger partial charge in [0.25, 0.3) is 0 Å². The second kappa shape index (κ2) is 6.16. The first-order valence-electron chi connectivity index (χ1n) is 4.24. The number of hydrogen-bond donors (Lipinski definition) is 0. The van der Waals surface area contributed by atoms with E-state index in [1.165, 1.54) is 11.3 Å². The van der Waals surface area contributed by atoms with Gasteiger partial charge in [-0.1, -0.05) is 0 Å². The molecule has 1 heterocycles. The standard InChI is InChI=1S/C9H11BrO3S/c1-2-12-5-6-13-9(11)7-3-4-8(10)14-7/h3-4H,2,5-6H2,1H3. The van der Waals surface area contributed by atoms with E-state index in [2.05, 4.69) is 15.9 Å². The lowest BCUT2D eigenvalue weighted by Gasteiger charge is -2.02. The van der Waals surface area contributed by atoms with Gasteiger partial charge in [-0.15, -0.1) is 11.3 Å². The summed E-state index contributed by atoms with van der Waals surface area (Å²) < 4.78 is 10.9. The molecule has 14 heavy (non-hydrogen) atoms. The van der Waals surface area contributed by atoms with Crippen LogP contribution in [0.5, 0.6) is 0 Å². The van der Waals surface area contributed by atoms with E-state index in [1.807, 2.05) is 13.0 Å². The minimum absolute atomic E-state index is 0.291. The van der Waals surface area contributed by atoms with E-state index in [4.69, 9.17) is 9.47 Å². The van der Waals surface area contributed by atoms with E-state index in [0.29, 0.717) is 24.7 Å². The van der Waals surface area contributed by atoms with Crippen molar-refractivity contribution in [2.45, 2.75) is 6.92 Å². The van der Waals surface area contributed by atoms with Crippen LogP contribution in [0.3, 0.4) is 0 Å². The summed E-state index contributed by atoms with van der Waals surface area (Å²) >= 11 is 4.64. The van der Waals surface area contributed by atoms with Crippen LogP contribution >= 0.6 is 27.3 Å². The van der Waals surface area contributed by atoms with Gasteiger partial charge in [0.05, 0.1) is 10.4 Å². The Bertz CT molecular complexity index is 298. The molecular formula is C9H11BrO3S. The lowest BCUT2D eigenvalue weighted by Crippen LogP contribution is -2.09. The van der Waals surface area contributed by atoms with E-state index < -0.39 is 0 Å². The Morgan fingerprint density at radius 2 is 2.29 bits per heavy atom. The van der Waals surface area contributed by atoms with Crippen LogP contribution in [0.1, 0.15) is 16.6 Å². The maximum Gasteiger partial charge on any atom is 0.348 e. The number of halogens is 1. The molecule has 0 radical (unpaired) electrons. The third-order valence-electron chi connectivity index (χ3n) is 1.44. The van der Waals surface area contributed by atoms with Crippen molar-refractivity contribution in [3.8, 4) is 0 Å². The molecular weight excluding hydrogens is 268 g/mol. The second-order valence-corrected chi connectivity index (χ2v) is 4.90. The molecule has 0 amide bonds. The molecule has 0 aromatic carbocycles. The lowest BCUT2D eigenvalue weighted by atomic mass is 10.5. The summed E-state index contributed by atoms with van der Waals surface area (Å²) in [5.41, 5.74) is 0. The molecule has 0 fully saturated rings. The zero-order chi connectivity index (χ0) is 10.4. The van der Waals surface area contributed by atoms with E-state index >= 15 is 0 Å². The van der Waals surface area contributed by atoms with Gasteiger partial charge in [-0.3, -0.25) is 0 Å². The molecule has 0 saturated carbocycles. The number of rotatable bonds is 5. The Kier molecular flexibility index (Phi) is 5.14. The Morgan fingerprint density at radius 1 is 1.50 bits per heavy atom. The lowest BCUT2D eigenvalue weighted by molar-refractivity contribution is 0.0340. The Balaban J connectivity index is 2.29. The summed E-state index contributed by atoms with van der Waals surface area (Å²) in [4.78, 5) is 11.9. The van der Waals surface area contributed by atoms with Crippen LogP contribution in [0.15, 0.2) is 15.9 Å². The van der Waals surface area contributed by atoms with E-state index in [1.54, 1.807) is 6.07 Å². The van der Waals surface area contributed by atoms with E-state index in [0.717, 1.165) is 3.79 Å². The topological polar surface area (TPSA) is 35.5 Å². The fourth-order valence-corrected chi connectivity index (χ4v) is 2.11. The molecule has 1 aromatic heterocycles. The summed E-state index contributed by atoms with van der Waals surface area (Å²) in [5, 5.41) is 0. The minimum atomic E-state index is -0.291.